The molecule has 0 saturated carbocycles. The van der Waals surface area contributed by atoms with Crippen LogP contribution in [0.2, 0.25) is 0 Å². The van der Waals surface area contributed by atoms with Gasteiger partial charge in [-0.1, -0.05) is 78.9 Å². The largest absolute Gasteiger partial charge is 0.346 e. The fourth-order valence-corrected chi connectivity index (χ4v) is 3.80. The van der Waals surface area contributed by atoms with Crippen LogP contribution in [0.15, 0.2) is 96.0 Å². The predicted molar refractivity (Wildman–Crippen MR) is 125 cm³/mol. The van der Waals surface area contributed by atoms with Crippen molar-refractivity contribution in [2.45, 2.75) is 13.2 Å². The van der Waals surface area contributed by atoms with Gasteiger partial charge in [0.2, 0.25) is 0 Å². The number of para-hydroxylation sites is 1. The summed E-state index contributed by atoms with van der Waals surface area (Å²) in [5.41, 5.74) is 5.56. The molecule has 1 fully saturated rings. The minimum absolute atomic E-state index is 0.482. The van der Waals surface area contributed by atoms with Crippen molar-refractivity contribution in [1.82, 2.24) is 9.78 Å². The Hall–Kier alpha value is -3.76. The van der Waals surface area contributed by atoms with Crippen LogP contribution in [-0.4, -0.2) is 28.9 Å². The Kier molecular flexibility index (Phi) is 5.77. The standard InChI is InChI=1S/C27H23N3O2/c1-20-25(27-31-17-18-32-27)26(30(29-20)23-15-9-4-10-16-23)28-19-24(21-11-5-2-6-12-21)22-13-7-3-8-14-22/h2-16,27H,17-18H2,1H3. The monoisotopic (exact) mass is 421 g/mol. The van der Waals surface area contributed by atoms with Crippen molar-refractivity contribution in [2.75, 3.05) is 13.2 Å². The molecule has 0 unspecified atom stereocenters. The molecule has 4 aromatic rings. The molecule has 32 heavy (non-hydrogen) atoms. The summed E-state index contributed by atoms with van der Waals surface area (Å²) in [4.78, 5) is 4.85. The summed E-state index contributed by atoms with van der Waals surface area (Å²) in [6.45, 7) is 3.07. The van der Waals surface area contributed by atoms with Gasteiger partial charge in [-0.15, -0.1) is 0 Å². The van der Waals surface area contributed by atoms with Gasteiger partial charge in [-0.2, -0.15) is 10.1 Å². The van der Waals surface area contributed by atoms with Crippen molar-refractivity contribution < 1.29 is 9.47 Å². The van der Waals surface area contributed by atoms with Crippen LogP contribution in [0.25, 0.3) is 11.3 Å². The SMILES string of the molecule is Cc1nn(-c2ccccc2)c(N=C=C(c2ccccc2)c2ccccc2)c1C1OCCO1. The Morgan fingerprint density at radius 1 is 0.844 bits per heavy atom. The maximum absolute atomic E-state index is 5.82. The molecule has 0 atom stereocenters. The summed E-state index contributed by atoms with van der Waals surface area (Å²) in [6.07, 6.45) is -0.482. The van der Waals surface area contributed by atoms with E-state index in [-0.39, 0.29) is 0 Å². The first-order valence-corrected chi connectivity index (χ1v) is 10.6. The third-order valence-corrected chi connectivity index (χ3v) is 5.34. The molecule has 0 bridgehead atoms. The van der Waals surface area contributed by atoms with Crippen molar-refractivity contribution in [1.29, 1.82) is 0 Å². The Morgan fingerprint density at radius 2 is 1.38 bits per heavy atom. The van der Waals surface area contributed by atoms with Gasteiger partial charge in [0.25, 0.3) is 0 Å². The second-order valence-electron chi connectivity index (χ2n) is 7.47. The normalized spacial score (nSPS) is 13.7. The van der Waals surface area contributed by atoms with Crippen molar-refractivity contribution in [3.63, 3.8) is 0 Å². The minimum Gasteiger partial charge on any atom is -0.346 e. The number of nitrogens with zero attached hydrogens (tertiary/aromatic N) is 3. The lowest BCUT2D eigenvalue weighted by Gasteiger charge is -2.10. The molecule has 5 rings (SSSR count). The van der Waals surface area contributed by atoms with E-state index in [1.165, 1.54) is 0 Å². The number of aryl methyl sites for hydroxylation is 1. The quantitative estimate of drug-likeness (QED) is 0.391. The number of ether oxygens (including phenoxy) is 2. The average Bonchev–Trinajstić information content (AvgIpc) is 3.49. The van der Waals surface area contributed by atoms with Gasteiger partial charge < -0.3 is 9.47 Å². The predicted octanol–water partition coefficient (Wildman–Crippen LogP) is 5.66. The fourth-order valence-electron chi connectivity index (χ4n) is 3.80. The smallest absolute Gasteiger partial charge is 0.189 e. The molecule has 0 radical (unpaired) electrons. The van der Waals surface area contributed by atoms with E-state index >= 15 is 0 Å². The molecular formula is C27H23N3O2. The fraction of sp³-hybridized carbons (Fsp3) is 0.148. The molecule has 5 heteroatoms. The van der Waals surface area contributed by atoms with E-state index in [2.05, 4.69) is 30.1 Å². The van der Waals surface area contributed by atoms with E-state index in [9.17, 15) is 0 Å². The van der Waals surface area contributed by atoms with E-state index in [1.807, 2.05) is 78.3 Å². The average molecular weight is 422 g/mol. The zero-order valence-electron chi connectivity index (χ0n) is 17.8. The highest BCUT2D eigenvalue weighted by Gasteiger charge is 2.28. The first kappa shape index (κ1) is 20.2. The second kappa shape index (κ2) is 9.16. The number of aromatic nitrogens is 2. The highest BCUT2D eigenvalue weighted by atomic mass is 16.7. The highest BCUT2D eigenvalue weighted by molar-refractivity contribution is 5.99. The van der Waals surface area contributed by atoms with Gasteiger partial charge in [-0.05, 0) is 36.1 Å². The summed E-state index contributed by atoms with van der Waals surface area (Å²) in [6, 6.07) is 30.3. The summed E-state index contributed by atoms with van der Waals surface area (Å²) in [5.74, 6) is 3.98. The molecule has 5 nitrogen and oxygen atoms in total. The molecule has 1 aliphatic heterocycles. The van der Waals surface area contributed by atoms with Crippen molar-refractivity contribution in [3.05, 3.63) is 113 Å². The molecule has 1 saturated heterocycles. The van der Waals surface area contributed by atoms with Crippen LogP contribution in [0, 0.1) is 6.92 Å². The molecule has 2 heterocycles. The molecule has 0 amide bonds. The molecular weight excluding hydrogens is 398 g/mol. The van der Waals surface area contributed by atoms with Gasteiger partial charge in [-0.3, -0.25) is 0 Å². The summed E-state index contributed by atoms with van der Waals surface area (Å²) in [7, 11) is 0. The number of hydrogen-bond acceptors (Lipinski definition) is 4. The van der Waals surface area contributed by atoms with Gasteiger partial charge in [0.05, 0.1) is 35.7 Å². The summed E-state index contributed by atoms with van der Waals surface area (Å²) >= 11 is 0. The maximum atomic E-state index is 5.82. The molecule has 1 aliphatic rings. The second-order valence-corrected chi connectivity index (χ2v) is 7.47. The van der Waals surface area contributed by atoms with Gasteiger partial charge in [0.15, 0.2) is 12.1 Å². The molecule has 3 aromatic carbocycles. The number of aliphatic imine (C=N–C) groups is 1. The van der Waals surface area contributed by atoms with Crippen LogP contribution in [0.4, 0.5) is 5.82 Å². The van der Waals surface area contributed by atoms with Crippen LogP contribution in [0.1, 0.15) is 28.7 Å². The van der Waals surface area contributed by atoms with Crippen LogP contribution in [0.3, 0.4) is 0 Å². The minimum atomic E-state index is -0.482. The molecule has 0 N–H and O–H groups in total. The Balaban J connectivity index is 1.72. The maximum Gasteiger partial charge on any atom is 0.189 e. The van der Waals surface area contributed by atoms with E-state index in [0.717, 1.165) is 33.6 Å². The molecule has 158 valence electrons. The third-order valence-electron chi connectivity index (χ3n) is 5.34. The summed E-state index contributed by atoms with van der Waals surface area (Å²) < 4.78 is 13.5. The molecule has 0 spiro atoms. The van der Waals surface area contributed by atoms with Gasteiger partial charge in [-0.25, -0.2) is 4.68 Å². The highest BCUT2D eigenvalue weighted by Crippen LogP contribution is 2.36. The van der Waals surface area contributed by atoms with Crippen molar-refractivity contribution in [3.8, 4) is 5.69 Å². The molecule has 0 aliphatic carbocycles. The van der Waals surface area contributed by atoms with Crippen LogP contribution >= 0.6 is 0 Å². The first-order valence-electron chi connectivity index (χ1n) is 10.6. The number of rotatable bonds is 5. The zero-order valence-corrected chi connectivity index (χ0v) is 17.8. The van der Waals surface area contributed by atoms with E-state index in [4.69, 9.17) is 19.6 Å². The first-order chi connectivity index (χ1) is 15.8. The van der Waals surface area contributed by atoms with E-state index in [0.29, 0.717) is 19.0 Å². The zero-order chi connectivity index (χ0) is 21.8. The van der Waals surface area contributed by atoms with Crippen LogP contribution in [-0.2, 0) is 9.47 Å². The lowest BCUT2D eigenvalue weighted by atomic mass is 9.99. The lowest BCUT2D eigenvalue weighted by Crippen LogP contribution is -2.00. The Morgan fingerprint density at radius 3 is 1.94 bits per heavy atom. The van der Waals surface area contributed by atoms with Crippen LogP contribution < -0.4 is 0 Å². The topological polar surface area (TPSA) is 48.6 Å². The van der Waals surface area contributed by atoms with Crippen LogP contribution in [0.5, 0.6) is 0 Å². The van der Waals surface area contributed by atoms with Gasteiger partial charge in [0.1, 0.15) is 0 Å². The summed E-state index contributed by atoms with van der Waals surface area (Å²) in [5, 5.41) is 4.76. The van der Waals surface area contributed by atoms with E-state index in [1.54, 1.807) is 0 Å². The van der Waals surface area contributed by atoms with E-state index < -0.39 is 6.29 Å². The van der Waals surface area contributed by atoms with Gasteiger partial charge in [0, 0.05) is 0 Å². The van der Waals surface area contributed by atoms with Gasteiger partial charge >= 0.3 is 0 Å². The lowest BCUT2D eigenvalue weighted by molar-refractivity contribution is -0.0440. The number of hydrogen-bond donors (Lipinski definition) is 0. The number of benzene rings is 3. The van der Waals surface area contributed by atoms with Crippen molar-refractivity contribution >= 4 is 17.3 Å². The van der Waals surface area contributed by atoms with Crippen molar-refractivity contribution in [2.24, 2.45) is 4.99 Å². The Labute approximate surface area is 187 Å². The molecule has 1 aromatic heterocycles. The Bertz CT molecular complexity index is 1210. The third kappa shape index (κ3) is 4.05.